The quantitative estimate of drug-likeness (QED) is 0.406. The lowest BCUT2D eigenvalue weighted by Crippen LogP contribution is -2.46. The lowest BCUT2D eigenvalue weighted by Gasteiger charge is -2.26. The Hall–Kier alpha value is -2.52. The van der Waals surface area contributed by atoms with Crippen molar-refractivity contribution >= 4 is 17.0 Å². The van der Waals surface area contributed by atoms with Gasteiger partial charge in [0.1, 0.15) is 24.3 Å². The van der Waals surface area contributed by atoms with Gasteiger partial charge in [-0.25, -0.2) is 8.78 Å². The third kappa shape index (κ3) is 2.56. The Balaban J connectivity index is 2.25. The highest BCUT2D eigenvalue weighted by Gasteiger charge is 2.56. The molecule has 2 aromatic heterocycles. The zero-order valence-electron chi connectivity index (χ0n) is 14.4. The van der Waals surface area contributed by atoms with E-state index in [1.165, 1.54) is 0 Å². The van der Waals surface area contributed by atoms with Crippen molar-refractivity contribution in [3.63, 3.8) is 0 Å². The van der Waals surface area contributed by atoms with Crippen molar-refractivity contribution in [3.05, 3.63) is 22.4 Å². The van der Waals surface area contributed by atoms with Crippen molar-refractivity contribution in [1.29, 1.82) is 0 Å². The van der Waals surface area contributed by atoms with Gasteiger partial charge in [0.2, 0.25) is 5.95 Å². The van der Waals surface area contributed by atoms with Crippen LogP contribution < -0.4 is 11.3 Å². The minimum atomic E-state index is -3.13. The molecule has 0 saturated carbocycles. The van der Waals surface area contributed by atoms with E-state index in [4.69, 9.17) is 13.2 Å². The second-order valence-corrected chi connectivity index (χ2v) is 5.28. The number of hydrogen-bond donors (Lipinski definition) is 5. The number of ether oxygens (including phenoxy) is 1. The molecule has 1 aliphatic rings. The maximum atomic E-state index is 14.2. The lowest BCUT2D eigenvalue weighted by molar-refractivity contribution is -0.0721. The van der Waals surface area contributed by atoms with E-state index in [0.29, 0.717) is 6.20 Å². The Labute approximate surface area is 141 Å². The van der Waals surface area contributed by atoms with E-state index in [-0.39, 0.29) is 0 Å². The molecule has 0 aromatic carbocycles. The fourth-order valence-corrected chi connectivity index (χ4v) is 2.69. The molecule has 1 aliphatic heterocycles. The molecule has 4 atom stereocenters. The number of aromatic nitrogens is 3. The van der Waals surface area contributed by atoms with Crippen molar-refractivity contribution in [2.45, 2.75) is 24.0 Å². The summed E-state index contributed by atoms with van der Waals surface area (Å²) in [6, 6.07) is 0. The van der Waals surface area contributed by atoms with E-state index in [1.54, 1.807) is 0 Å². The highest BCUT2D eigenvalue weighted by molar-refractivity contribution is 5.77. The molecule has 0 bridgehead atoms. The molecule has 0 amide bonds. The summed E-state index contributed by atoms with van der Waals surface area (Å²) in [5.74, 6) is 2.41. The van der Waals surface area contributed by atoms with Crippen LogP contribution in [0.1, 0.15) is 8.97 Å². The number of nitrogen functional groups attached to an aromatic ring is 1. The smallest absolute Gasteiger partial charge is 0.264 e. The van der Waals surface area contributed by atoms with Crippen LogP contribution in [-0.2, 0) is 4.74 Å². The number of nitrogens with zero attached hydrogens (tertiary/aromatic N) is 2. The average Bonchev–Trinajstić information content (AvgIpc) is 3.01. The molecule has 0 aliphatic carbocycles. The molecule has 0 radical (unpaired) electrons. The van der Waals surface area contributed by atoms with Crippen molar-refractivity contribution in [2.24, 2.45) is 0 Å². The summed E-state index contributed by atoms with van der Waals surface area (Å²) in [5, 5.41) is 30.0. The topological polar surface area (TPSA) is 147 Å². The van der Waals surface area contributed by atoms with Gasteiger partial charge >= 0.3 is 0 Å². The number of nitrogens with two attached hydrogens (primary N) is 1. The molecule has 11 heteroatoms. The summed E-state index contributed by atoms with van der Waals surface area (Å²) in [6.45, 7) is -4.35. The van der Waals surface area contributed by atoms with Crippen LogP contribution in [0.15, 0.2) is 11.0 Å². The van der Waals surface area contributed by atoms with Crippen molar-refractivity contribution < 1.29 is 31.6 Å². The number of anilines is 1. The Kier molecular flexibility index (Phi) is 3.60. The maximum absolute atomic E-state index is 14.2. The second kappa shape index (κ2) is 6.08. The summed E-state index contributed by atoms with van der Waals surface area (Å²) in [6.07, 6.45) is -5.33. The fraction of sp³-hybridized carbons (Fsp3) is 0.429. The van der Waals surface area contributed by atoms with Gasteiger partial charge in [0, 0.05) is 6.20 Å². The van der Waals surface area contributed by atoms with Crippen LogP contribution in [0, 0.1) is 17.7 Å². The number of halogens is 2. The first kappa shape index (κ1) is 14.8. The number of aliphatic hydroxyl groups is 3. The normalized spacial score (nSPS) is 30.7. The molecule has 2 aromatic rings. The Morgan fingerprint density at radius 3 is 3.00 bits per heavy atom. The van der Waals surface area contributed by atoms with E-state index in [0.717, 1.165) is 4.57 Å². The van der Waals surface area contributed by atoms with Crippen LogP contribution in [0.4, 0.5) is 14.7 Å². The third-order valence-electron chi connectivity index (χ3n) is 3.78. The van der Waals surface area contributed by atoms with E-state index >= 15 is 0 Å². The minimum absolute atomic E-state index is 0.391. The van der Waals surface area contributed by atoms with Gasteiger partial charge in [-0.3, -0.25) is 14.3 Å². The molecule has 1 fully saturated rings. The first-order valence-corrected chi connectivity index (χ1v) is 6.90. The molecule has 134 valence electrons. The number of nitrogens with one attached hydrogen (secondary N) is 1. The van der Waals surface area contributed by atoms with Crippen LogP contribution in [0.3, 0.4) is 0 Å². The highest BCUT2D eigenvalue weighted by atomic mass is 19.1. The van der Waals surface area contributed by atoms with Gasteiger partial charge < -0.3 is 25.8 Å². The predicted octanol–water partition coefficient (Wildman–Crippen LogP) is -1.60. The number of aromatic amines is 1. The number of alkyl halides is 1. The van der Waals surface area contributed by atoms with E-state index in [1.807, 2.05) is 11.8 Å². The van der Waals surface area contributed by atoms with Crippen molar-refractivity contribution in [1.82, 2.24) is 14.5 Å². The summed E-state index contributed by atoms with van der Waals surface area (Å²) < 4.78 is 47.4. The molecule has 1 saturated heterocycles. The maximum Gasteiger partial charge on any atom is 0.264 e. The zero-order chi connectivity index (χ0) is 20.1. The number of H-pyrrole nitrogens is 1. The number of fused-ring (bicyclic) bond motifs is 1. The van der Waals surface area contributed by atoms with Crippen LogP contribution >= 0.6 is 0 Å². The van der Waals surface area contributed by atoms with E-state index in [9.17, 15) is 28.9 Å². The molecular formula is C14H14F2N4O5. The summed E-state index contributed by atoms with van der Waals surface area (Å²) in [4.78, 5) is 17.7. The molecule has 3 rings (SSSR count). The van der Waals surface area contributed by atoms with E-state index < -0.39 is 65.6 Å². The predicted molar refractivity (Wildman–Crippen MR) is 80.4 cm³/mol. The van der Waals surface area contributed by atoms with Crippen molar-refractivity contribution in [2.75, 3.05) is 19.0 Å². The number of rotatable bonds is 2. The molecule has 3 heterocycles. The number of aliphatic hydroxyl groups excluding tert-OH is 1. The molecule has 0 spiro atoms. The van der Waals surface area contributed by atoms with Crippen LogP contribution in [0.25, 0.3) is 11.0 Å². The zero-order valence-corrected chi connectivity index (χ0v) is 12.4. The lowest BCUT2D eigenvalue weighted by atomic mass is 9.94. The largest absolute Gasteiger partial charge is 0.394 e. The van der Waals surface area contributed by atoms with Crippen LogP contribution in [0.5, 0.6) is 0 Å². The molecule has 1 unspecified atom stereocenters. The minimum Gasteiger partial charge on any atom is -0.394 e. The molecule has 6 N–H and O–H groups in total. The van der Waals surface area contributed by atoms with Crippen LogP contribution in [0.2, 0.25) is 0 Å². The summed E-state index contributed by atoms with van der Waals surface area (Å²) in [7, 11) is 0. The van der Waals surface area contributed by atoms with Gasteiger partial charge in [-0.15, -0.1) is 0 Å². The first-order chi connectivity index (χ1) is 12.5. The monoisotopic (exact) mass is 358 g/mol. The van der Waals surface area contributed by atoms with Gasteiger partial charge in [0.25, 0.3) is 5.56 Å². The van der Waals surface area contributed by atoms with Crippen LogP contribution in [-0.4, -0.2) is 60.9 Å². The van der Waals surface area contributed by atoms with Gasteiger partial charge in [0.05, 0.1) is 9.30 Å². The molecule has 25 heavy (non-hydrogen) atoms. The SMILES string of the molecule is [2H]C([2H])(O)[C@H]1O[C@@H](n2cc(F)c3c(=O)[nH]c(N)nc32)C(O)(C#CCF)[C@H]1O. The van der Waals surface area contributed by atoms with Gasteiger partial charge in [-0.2, -0.15) is 4.98 Å². The van der Waals surface area contributed by atoms with Crippen molar-refractivity contribution in [3.8, 4) is 11.8 Å². The average molecular weight is 358 g/mol. The van der Waals surface area contributed by atoms with E-state index in [2.05, 4.69) is 9.97 Å². The third-order valence-corrected chi connectivity index (χ3v) is 3.78. The van der Waals surface area contributed by atoms with Gasteiger partial charge in [-0.1, -0.05) is 11.8 Å². The van der Waals surface area contributed by atoms with Gasteiger partial charge in [-0.05, 0) is 0 Å². The Bertz CT molecular complexity index is 1010. The standard InChI is InChI=1S/C14H14F2N4O5/c15-3-1-2-14(24)9(22)7(5-21)25-12(14)20-4-6(16)8-10(20)18-13(17)19-11(8)23/h4,7,9,12,21-22,24H,3,5H2,(H3,17,18,19,23)/t7-,9+,12-,14?/m1/s1/i5D2. The second-order valence-electron chi connectivity index (χ2n) is 5.28. The summed E-state index contributed by atoms with van der Waals surface area (Å²) in [5.41, 5.74) is 1.45. The summed E-state index contributed by atoms with van der Waals surface area (Å²) >= 11 is 0. The fourth-order valence-electron chi connectivity index (χ4n) is 2.69. The van der Waals surface area contributed by atoms with Gasteiger partial charge in [0.15, 0.2) is 23.3 Å². The Morgan fingerprint density at radius 2 is 2.36 bits per heavy atom. The molecule has 9 nitrogen and oxygen atoms in total. The molecular weight excluding hydrogens is 342 g/mol. The Morgan fingerprint density at radius 1 is 1.64 bits per heavy atom. The highest BCUT2D eigenvalue weighted by Crippen LogP contribution is 2.39. The number of hydrogen-bond acceptors (Lipinski definition) is 7. The first-order valence-electron chi connectivity index (χ1n) is 7.90.